The van der Waals surface area contributed by atoms with E-state index in [9.17, 15) is 4.79 Å². The molecule has 100 valence electrons. The second-order valence-electron chi connectivity index (χ2n) is 4.22. The first-order valence-corrected chi connectivity index (χ1v) is 6.10. The third-order valence-electron chi connectivity index (χ3n) is 2.84. The largest absolute Gasteiger partial charge is 0.483 e. The van der Waals surface area contributed by atoms with Crippen molar-refractivity contribution >= 4 is 17.0 Å². The van der Waals surface area contributed by atoms with E-state index < -0.39 is 5.91 Å². The van der Waals surface area contributed by atoms with Crippen molar-refractivity contribution in [1.82, 2.24) is 4.98 Å². The first-order chi connectivity index (χ1) is 9.74. The molecule has 2 N–H and O–H groups in total. The maximum absolute atomic E-state index is 11.3. The van der Waals surface area contributed by atoms with E-state index in [0.717, 1.165) is 5.52 Å². The molecule has 0 saturated carbocycles. The SMILES string of the molecule is NC(=O)c1ccccc1OCc1nc2ccccc2o1. The molecule has 0 aliphatic heterocycles. The van der Waals surface area contributed by atoms with Crippen molar-refractivity contribution in [3.8, 4) is 5.75 Å². The minimum atomic E-state index is -0.529. The summed E-state index contributed by atoms with van der Waals surface area (Å²) in [4.78, 5) is 15.6. The normalized spacial score (nSPS) is 10.6. The van der Waals surface area contributed by atoms with Crippen LogP contribution in [0.25, 0.3) is 11.1 Å². The van der Waals surface area contributed by atoms with Gasteiger partial charge in [-0.1, -0.05) is 24.3 Å². The van der Waals surface area contributed by atoms with Crippen molar-refractivity contribution in [3.63, 3.8) is 0 Å². The summed E-state index contributed by atoms with van der Waals surface area (Å²) in [7, 11) is 0. The van der Waals surface area contributed by atoms with E-state index in [4.69, 9.17) is 14.9 Å². The molecule has 3 rings (SSSR count). The van der Waals surface area contributed by atoms with Gasteiger partial charge in [0.2, 0.25) is 5.89 Å². The Kier molecular flexibility index (Phi) is 3.09. The molecule has 0 aliphatic rings. The fourth-order valence-corrected chi connectivity index (χ4v) is 1.92. The molecule has 0 spiro atoms. The topological polar surface area (TPSA) is 78.4 Å². The number of nitrogens with two attached hydrogens (primary N) is 1. The highest BCUT2D eigenvalue weighted by Gasteiger charge is 2.10. The van der Waals surface area contributed by atoms with Crippen LogP contribution in [-0.4, -0.2) is 10.9 Å². The Morgan fingerprint density at radius 3 is 2.70 bits per heavy atom. The van der Waals surface area contributed by atoms with Crippen LogP contribution in [0.2, 0.25) is 0 Å². The molecular weight excluding hydrogens is 256 g/mol. The number of primary amides is 1. The number of ether oxygens (including phenoxy) is 1. The van der Waals surface area contributed by atoms with Crippen LogP contribution in [0.15, 0.2) is 52.9 Å². The molecule has 1 aromatic heterocycles. The lowest BCUT2D eigenvalue weighted by molar-refractivity contribution is 0.0995. The molecule has 1 amide bonds. The highest BCUT2D eigenvalue weighted by molar-refractivity contribution is 5.95. The number of benzene rings is 2. The first kappa shape index (κ1) is 12.2. The summed E-state index contributed by atoms with van der Waals surface area (Å²) in [6.45, 7) is 0.138. The molecule has 0 radical (unpaired) electrons. The van der Waals surface area contributed by atoms with Crippen LogP contribution in [0.1, 0.15) is 16.2 Å². The minimum Gasteiger partial charge on any atom is -0.483 e. The monoisotopic (exact) mass is 268 g/mol. The zero-order chi connectivity index (χ0) is 13.9. The predicted octanol–water partition coefficient (Wildman–Crippen LogP) is 2.51. The van der Waals surface area contributed by atoms with Gasteiger partial charge in [-0.2, -0.15) is 0 Å². The van der Waals surface area contributed by atoms with Crippen LogP contribution in [-0.2, 0) is 6.61 Å². The maximum Gasteiger partial charge on any atom is 0.252 e. The summed E-state index contributed by atoms with van der Waals surface area (Å²) >= 11 is 0. The number of aromatic nitrogens is 1. The second-order valence-corrected chi connectivity index (χ2v) is 4.22. The van der Waals surface area contributed by atoms with Crippen LogP contribution >= 0.6 is 0 Å². The summed E-state index contributed by atoms with van der Waals surface area (Å²) in [5, 5.41) is 0. The Morgan fingerprint density at radius 1 is 1.15 bits per heavy atom. The molecule has 0 fully saturated rings. The van der Waals surface area contributed by atoms with E-state index in [1.165, 1.54) is 0 Å². The summed E-state index contributed by atoms with van der Waals surface area (Å²) < 4.78 is 11.1. The standard InChI is InChI=1S/C15H12N2O3/c16-15(18)10-5-1-3-7-12(10)19-9-14-17-11-6-2-4-8-13(11)20-14/h1-8H,9H2,(H2,16,18). The van der Waals surface area contributed by atoms with Crippen molar-refractivity contribution in [1.29, 1.82) is 0 Å². The predicted molar refractivity (Wildman–Crippen MR) is 73.3 cm³/mol. The Balaban J connectivity index is 1.81. The van der Waals surface area contributed by atoms with Crippen molar-refractivity contribution in [3.05, 3.63) is 60.0 Å². The van der Waals surface area contributed by atoms with Crippen LogP contribution in [0, 0.1) is 0 Å². The van der Waals surface area contributed by atoms with Crippen molar-refractivity contribution in [2.75, 3.05) is 0 Å². The molecular formula is C15H12N2O3. The lowest BCUT2D eigenvalue weighted by atomic mass is 10.2. The molecule has 1 heterocycles. The van der Waals surface area contributed by atoms with E-state index in [-0.39, 0.29) is 6.61 Å². The number of hydrogen-bond acceptors (Lipinski definition) is 4. The molecule has 3 aromatic rings. The number of oxazole rings is 1. The average Bonchev–Trinajstić information content (AvgIpc) is 2.88. The Labute approximate surface area is 115 Å². The van der Waals surface area contributed by atoms with Gasteiger partial charge < -0.3 is 14.9 Å². The molecule has 5 nitrogen and oxygen atoms in total. The number of carbonyl (C=O) groups excluding carboxylic acids is 1. The first-order valence-electron chi connectivity index (χ1n) is 6.10. The number of rotatable bonds is 4. The highest BCUT2D eigenvalue weighted by atomic mass is 16.5. The Bertz CT molecular complexity index is 731. The number of hydrogen-bond donors (Lipinski definition) is 1. The van der Waals surface area contributed by atoms with Gasteiger partial charge >= 0.3 is 0 Å². The summed E-state index contributed by atoms with van der Waals surface area (Å²) in [5.74, 6) is 0.339. The second kappa shape index (κ2) is 5.05. The van der Waals surface area contributed by atoms with Gasteiger partial charge in [0, 0.05) is 0 Å². The van der Waals surface area contributed by atoms with Crippen molar-refractivity contribution < 1.29 is 13.9 Å². The summed E-state index contributed by atoms with van der Waals surface area (Å²) in [6.07, 6.45) is 0. The maximum atomic E-state index is 11.3. The van der Waals surface area contributed by atoms with E-state index >= 15 is 0 Å². The molecule has 0 aliphatic carbocycles. The van der Waals surface area contributed by atoms with Gasteiger partial charge in [0.15, 0.2) is 12.2 Å². The number of para-hydroxylation sites is 3. The Morgan fingerprint density at radius 2 is 1.90 bits per heavy atom. The quantitative estimate of drug-likeness (QED) is 0.788. The van der Waals surface area contributed by atoms with Crippen molar-refractivity contribution in [2.24, 2.45) is 5.73 Å². The lowest BCUT2D eigenvalue weighted by Crippen LogP contribution is -2.12. The van der Waals surface area contributed by atoms with Crippen LogP contribution in [0.3, 0.4) is 0 Å². The van der Waals surface area contributed by atoms with Gasteiger partial charge in [-0.15, -0.1) is 0 Å². The van der Waals surface area contributed by atoms with Gasteiger partial charge in [-0.3, -0.25) is 4.79 Å². The van der Waals surface area contributed by atoms with E-state index in [0.29, 0.717) is 22.8 Å². The fraction of sp³-hybridized carbons (Fsp3) is 0.0667. The van der Waals surface area contributed by atoms with Gasteiger partial charge in [-0.05, 0) is 24.3 Å². The van der Waals surface area contributed by atoms with E-state index in [2.05, 4.69) is 4.98 Å². The third kappa shape index (κ3) is 2.33. The van der Waals surface area contributed by atoms with Gasteiger partial charge in [0.1, 0.15) is 11.3 Å². The molecule has 0 bridgehead atoms. The highest BCUT2D eigenvalue weighted by Crippen LogP contribution is 2.20. The van der Waals surface area contributed by atoms with Crippen LogP contribution < -0.4 is 10.5 Å². The average molecular weight is 268 g/mol. The van der Waals surface area contributed by atoms with Crippen LogP contribution in [0.5, 0.6) is 5.75 Å². The van der Waals surface area contributed by atoms with E-state index in [1.807, 2.05) is 24.3 Å². The smallest absolute Gasteiger partial charge is 0.252 e. The number of nitrogens with zero attached hydrogens (tertiary/aromatic N) is 1. The van der Waals surface area contributed by atoms with Gasteiger partial charge in [0.05, 0.1) is 5.56 Å². The zero-order valence-corrected chi connectivity index (χ0v) is 10.6. The molecule has 0 unspecified atom stereocenters. The van der Waals surface area contributed by atoms with Gasteiger partial charge in [-0.25, -0.2) is 4.98 Å². The third-order valence-corrected chi connectivity index (χ3v) is 2.84. The number of fused-ring (bicyclic) bond motifs is 1. The van der Waals surface area contributed by atoms with E-state index in [1.54, 1.807) is 24.3 Å². The zero-order valence-electron chi connectivity index (χ0n) is 10.6. The minimum absolute atomic E-state index is 0.138. The Hall–Kier alpha value is -2.82. The van der Waals surface area contributed by atoms with Gasteiger partial charge in [0.25, 0.3) is 5.91 Å². The molecule has 5 heteroatoms. The summed E-state index contributed by atoms with van der Waals surface area (Å²) in [5.41, 5.74) is 7.10. The lowest BCUT2D eigenvalue weighted by Gasteiger charge is -2.06. The molecule has 2 aromatic carbocycles. The number of carbonyl (C=O) groups is 1. The molecule has 0 saturated heterocycles. The van der Waals surface area contributed by atoms with Crippen LogP contribution in [0.4, 0.5) is 0 Å². The fourth-order valence-electron chi connectivity index (χ4n) is 1.92. The number of amides is 1. The van der Waals surface area contributed by atoms with Crippen molar-refractivity contribution in [2.45, 2.75) is 6.61 Å². The molecule has 20 heavy (non-hydrogen) atoms. The summed E-state index contributed by atoms with van der Waals surface area (Å²) in [6, 6.07) is 14.3. The molecule has 0 atom stereocenters.